The fourth-order valence-electron chi connectivity index (χ4n) is 2.82. The summed E-state index contributed by atoms with van der Waals surface area (Å²) in [5.74, 6) is 1.55. The van der Waals surface area contributed by atoms with Gasteiger partial charge in [0.1, 0.15) is 11.5 Å². The molecule has 0 aromatic heterocycles. The smallest absolute Gasteiger partial charge is 0.305 e. The predicted molar refractivity (Wildman–Crippen MR) is 108 cm³/mol. The quantitative estimate of drug-likeness (QED) is 0.558. The SMILES string of the molecule is CCc1ccc(OCCC(C)Oc2ccc(CCC(=O)OC)c(C)c2)cc1. The molecule has 2 rings (SSSR count). The van der Waals surface area contributed by atoms with E-state index in [0.29, 0.717) is 19.4 Å². The molecule has 0 fully saturated rings. The predicted octanol–water partition coefficient (Wildman–Crippen LogP) is 4.90. The summed E-state index contributed by atoms with van der Waals surface area (Å²) in [4.78, 5) is 11.3. The van der Waals surface area contributed by atoms with Crippen LogP contribution >= 0.6 is 0 Å². The fourth-order valence-corrected chi connectivity index (χ4v) is 2.82. The second-order valence-electron chi connectivity index (χ2n) is 6.73. The van der Waals surface area contributed by atoms with Gasteiger partial charge in [-0.3, -0.25) is 4.79 Å². The van der Waals surface area contributed by atoms with Gasteiger partial charge >= 0.3 is 5.97 Å². The molecule has 0 spiro atoms. The number of carbonyl (C=O) groups excluding carboxylic acids is 1. The fraction of sp³-hybridized carbons (Fsp3) is 0.435. The Morgan fingerprint density at radius 3 is 2.41 bits per heavy atom. The summed E-state index contributed by atoms with van der Waals surface area (Å²) in [6.07, 6.45) is 2.97. The number of esters is 1. The summed E-state index contributed by atoms with van der Waals surface area (Å²) in [5, 5.41) is 0. The molecule has 0 saturated heterocycles. The number of hydrogen-bond acceptors (Lipinski definition) is 4. The number of hydrogen-bond donors (Lipinski definition) is 0. The van der Waals surface area contributed by atoms with Gasteiger partial charge in [0.15, 0.2) is 0 Å². The number of benzene rings is 2. The number of ether oxygens (including phenoxy) is 3. The van der Waals surface area contributed by atoms with Crippen LogP contribution in [0.2, 0.25) is 0 Å². The zero-order valence-corrected chi connectivity index (χ0v) is 16.8. The van der Waals surface area contributed by atoms with Crippen molar-refractivity contribution >= 4 is 5.97 Å². The summed E-state index contributed by atoms with van der Waals surface area (Å²) in [6, 6.07) is 14.2. The first-order chi connectivity index (χ1) is 13.0. The lowest BCUT2D eigenvalue weighted by atomic mass is 10.0. The molecule has 0 aliphatic carbocycles. The van der Waals surface area contributed by atoms with Crippen LogP contribution in [0.15, 0.2) is 42.5 Å². The van der Waals surface area contributed by atoms with Crippen LogP contribution in [-0.4, -0.2) is 25.8 Å². The van der Waals surface area contributed by atoms with Crippen LogP contribution in [0.3, 0.4) is 0 Å². The molecule has 0 N–H and O–H groups in total. The Balaban J connectivity index is 1.78. The second kappa shape index (κ2) is 10.6. The highest BCUT2D eigenvalue weighted by molar-refractivity contribution is 5.69. The monoisotopic (exact) mass is 370 g/mol. The zero-order valence-electron chi connectivity index (χ0n) is 16.8. The van der Waals surface area contributed by atoms with Crippen molar-refractivity contribution in [3.05, 3.63) is 59.2 Å². The van der Waals surface area contributed by atoms with Gasteiger partial charge in [-0.25, -0.2) is 0 Å². The first-order valence-electron chi connectivity index (χ1n) is 9.56. The van der Waals surface area contributed by atoms with Gasteiger partial charge < -0.3 is 14.2 Å². The molecule has 0 aliphatic rings. The molecular weight excluding hydrogens is 340 g/mol. The molecule has 1 atom stereocenters. The lowest BCUT2D eigenvalue weighted by Crippen LogP contribution is -2.16. The van der Waals surface area contributed by atoms with Gasteiger partial charge in [0.2, 0.25) is 0 Å². The summed E-state index contributed by atoms with van der Waals surface area (Å²) < 4.78 is 16.5. The molecule has 0 heterocycles. The van der Waals surface area contributed by atoms with Crippen LogP contribution in [0.25, 0.3) is 0 Å². The Kier molecular flexibility index (Phi) is 8.18. The Morgan fingerprint density at radius 1 is 1.07 bits per heavy atom. The summed E-state index contributed by atoms with van der Waals surface area (Å²) >= 11 is 0. The van der Waals surface area contributed by atoms with Gasteiger partial charge in [0.05, 0.1) is 19.8 Å². The highest BCUT2D eigenvalue weighted by atomic mass is 16.5. The van der Waals surface area contributed by atoms with Crippen LogP contribution in [-0.2, 0) is 22.4 Å². The van der Waals surface area contributed by atoms with E-state index in [1.807, 2.05) is 44.2 Å². The molecule has 2 aromatic rings. The Morgan fingerprint density at radius 2 is 1.78 bits per heavy atom. The van der Waals surface area contributed by atoms with Crippen LogP contribution in [0.4, 0.5) is 0 Å². The van der Waals surface area contributed by atoms with Gasteiger partial charge in [0.25, 0.3) is 0 Å². The van der Waals surface area contributed by atoms with Crippen LogP contribution in [0, 0.1) is 6.92 Å². The van der Waals surface area contributed by atoms with E-state index in [9.17, 15) is 4.79 Å². The topological polar surface area (TPSA) is 44.8 Å². The number of rotatable bonds is 10. The van der Waals surface area contributed by atoms with Gasteiger partial charge in [-0.1, -0.05) is 25.1 Å². The Labute approximate surface area is 162 Å². The van der Waals surface area contributed by atoms with Crippen molar-refractivity contribution in [2.24, 2.45) is 0 Å². The van der Waals surface area contributed by atoms with Gasteiger partial charge in [-0.2, -0.15) is 0 Å². The Bertz CT molecular complexity index is 722. The average Bonchev–Trinajstić information content (AvgIpc) is 2.67. The largest absolute Gasteiger partial charge is 0.493 e. The van der Waals surface area contributed by atoms with Gasteiger partial charge in [-0.15, -0.1) is 0 Å². The number of methoxy groups -OCH3 is 1. The van der Waals surface area contributed by atoms with E-state index < -0.39 is 0 Å². The first-order valence-corrected chi connectivity index (χ1v) is 9.56. The van der Waals surface area contributed by atoms with E-state index in [1.54, 1.807) is 0 Å². The third-order valence-electron chi connectivity index (χ3n) is 4.60. The van der Waals surface area contributed by atoms with Crippen molar-refractivity contribution in [2.75, 3.05) is 13.7 Å². The second-order valence-corrected chi connectivity index (χ2v) is 6.73. The molecule has 2 aromatic carbocycles. The van der Waals surface area contributed by atoms with Crippen molar-refractivity contribution in [3.63, 3.8) is 0 Å². The average molecular weight is 370 g/mol. The van der Waals surface area contributed by atoms with E-state index in [0.717, 1.165) is 35.5 Å². The molecular formula is C23H30O4. The van der Waals surface area contributed by atoms with Crippen LogP contribution < -0.4 is 9.47 Å². The van der Waals surface area contributed by atoms with Crippen LogP contribution in [0.1, 0.15) is 43.4 Å². The molecule has 1 unspecified atom stereocenters. The summed E-state index contributed by atoms with van der Waals surface area (Å²) in [7, 11) is 1.41. The van der Waals surface area contributed by atoms with Gasteiger partial charge in [-0.05, 0) is 67.6 Å². The number of carbonyl (C=O) groups is 1. The van der Waals surface area contributed by atoms with Crippen molar-refractivity contribution < 1.29 is 19.0 Å². The van der Waals surface area contributed by atoms with Crippen molar-refractivity contribution in [1.29, 1.82) is 0 Å². The maximum absolute atomic E-state index is 11.3. The van der Waals surface area contributed by atoms with E-state index in [-0.39, 0.29) is 12.1 Å². The first kappa shape index (κ1) is 20.8. The van der Waals surface area contributed by atoms with E-state index >= 15 is 0 Å². The highest BCUT2D eigenvalue weighted by Crippen LogP contribution is 2.21. The maximum atomic E-state index is 11.3. The summed E-state index contributed by atoms with van der Waals surface area (Å²) in [6.45, 7) is 6.84. The third-order valence-corrected chi connectivity index (χ3v) is 4.60. The van der Waals surface area contributed by atoms with Crippen molar-refractivity contribution in [3.8, 4) is 11.5 Å². The molecule has 146 valence electrons. The van der Waals surface area contributed by atoms with Gasteiger partial charge in [0, 0.05) is 12.8 Å². The normalized spacial score (nSPS) is 11.7. The maximum Gasteiger partial charge on any atom is 0.305 e. The molecule has 4 heteroatoms. The minimum absolute atomic E-state index is 0.0558. The lowest BCUT2D eigenvalue weighted by Gasteiger charge is -2.16. The van der Waals surface area contributed by atoms with Crippen molar-refractivity contribution in [1.82, 2.24) is 0 Å². The third kappa shape index (κ3) is 6.97. The summed E-state index contributed by atoms with van der Waals surface area (Å²) in [5.41, 5.74) is 3.57. The molecule has 27 heavy (non-hydrogen) atoms. The molecule has 0 aliphatic heterocycles. The minimum atomic E-state index is -0.187. The molecule has 4 nitrogen and oxygen atoms in total. The van der Waals surface area contributed by atoms with E-state index in [4.69, 9.17) is 14.2 Å². The number of aryl methyl sites for hydroxylation is 3. The van der Waals surface area contributed by atoms with E-state index in [2.05, 4.69) is 19.1 Å². The molecule has 0 radical (unpaired) electrons. The minimum Gasteiger partial charge on any atom is -0.493 e. The molecule has 0 saturated carbocycles. The van der Waals surface area contributed by atoms with E-state index in [1.165, 1.54) is 12.7 Å². The molecule has 0 bridgehead atoms. The molecule has 0 amide bonds. The van der Waals surface area contributed by atoms with Crippen molar-refractivity contribution in [2.45, 2.75) is 52.6 Å². The van der Waals surface area contributed by atoms with Crippen LogP contribution in [0.5, 0.6) is 11.5 Å². The highest BCUT2D eigenvalue weighted by Gasteiger charge is 2.08. The Hall–Kier alpha value is -2.49. The lowest BCUT2D eigenvalue weighted by molar-refractivity contribution is -0.140. The standard InChI is InChI=1S/C23H30O4/c1-5-19-6-10-21(11-7-19)26-15-14-18(3)27-22-12-8-20(17(2)16-22)9-13-23(24)25-4/h6-8,10-12,16,18H,5,9,13-15H2,1-4H3. The zero-order chi connectivity index (χ0) is 19.6.